The summed E-state index contributed by atoms with van der Waals surface area (Å²) in [7, 11) is 2.04. The third-order valence-electron chi connectivity index (χ3n) is 4.11. The van der Waals surface area contributed by atoms with Crippen LogP contribution in [0.1, 0.15) is 24.9 Å². The van der Waals surface area contributed by atoms with Crippen LogP contribution in [-0.2, 0) is 4.74 Å². The second-order valence-corrected chi connectivity index (χ2v) is 5.61. The Kier molecular flexibility index (Phi) is 5.95. The molecule has 4 heteroatoms. The molecule has 1 aliphatic heterocycles. The Morgan fingerprint density at radius 3 is 2.95 bits per heavy atom. The molecule has 1 fully saturated rings. The van der Waals surface area contributed by atoms with E-state index in [1.54, 1.807) is 6.07 Å². The van der Waals surface area contributed by atoms with Crippen LogP contribution in [0.5, 0.6) is 0 Å². The molecular formula is C16H25FN2O. The first-order valence-electron chi connectivity index (χ1n) is 7.41. The summed E-state index contributed by atoms with van der Waals surface area (Å²) in [5.41, 5.74) is 0.763. The van der Waals surface area contributed by atoms with Gasteiger partial charge in [-0.25, -0.2) is 4.39 Å². The van der Waals surface area contributed by atoms with Gasteiger partial charge in [0, 0.05) is 37.8 Å². The summed E-state index contributed by atoms with van der Waals surface area (Å²) in [6.07, 6.45) is 1.16. The number of nitrogens with zero attached hydrogens (tertiary/aromatic N) is 1. The predicted octanol–water partition coefficient (Wildman–Crippen LogP) is 2.44. The standard InChI is InChI=1S/C16H25FN2O/c1-13(15-5-3-4-6-16(15)17)19(2)9-8-18-11-14-7-10-20-12-14/h3-6,13-14,18H,7-12H2,1-2H3. The van der Waals surface area contributed by atoms with Crippen LogP contribution < -0.4 is 5.32 Å². The molecule has 1 N–H and O–H groups in total. The smallest absolute Gasteiger partial charge is 0.127 e. The zero-order chi connectivity index (χ0) is 14.4. The van der Waals surface area contributed by atoms with Gasteiger partial charge < -0.3 is 10.1 Å². The molecule has 0 aliphatic carbocycles. The molecule has 3 nitrogen and oxygen atoms in total. The third-order valence-corrected chi connectivity index (χ3v) is 4.11. The first kappa shape index (κ1) is 15.4. The lowest BCUT2D eigenvalue weighted by Gasteiger charge is -2.25. The van der Waals surface area contributed by atoms with Crippen LogP contribution in [0.3, 0.4) is 0 Å². The van der Waals surface area contributed by atoms with Gasteiger partial charge in [0.05, 0.1) is 6.61 Å². The van der Waals surface area contributed by atoms with Crippen LogP contribution in [-0.4, -0.2) is 44.8 Å². The largest absolute Gasteiger partial charge is 0.381 e. The van der Waals surface area contributed by atoms with E-state index in [1.165, 1.54) is 6.07 Å². The van der Waals surface area contributed by atoms with Crippen molar-refractivity contribution >= 4 is 0 Å². The first-order chi connectivity index (χ1) is 9.68. The molecule has 0 spiro atoms. The van der Waals surface area contributed by atoms with Crippen LogP contribution in [0.15, 0.2) is 24.3 Å². The van der Waals surface area contributed by atoms with Crippen molar-refractivity contribution in [3.05, 3.63) is 35.6 Å². The molecule has 0 amide bonds. The van der Waals surface area contributed by atoms with Crippen LogP contribution in [0.2, 0.25) is 0 Å². The number of rotatable bonds is 7. The Labute approximate surface area is 121 Å². The van der Waals surface area contributed by atoms with E-state index in [0.29, 0.717) is 5.92 Å². The Morgan fingerprint density at radius 1 is 1.45 bits per heavy atom. The Hall–Kier alpha value is -0.970. The number of benzene rings is 1. The van der Waals surface area contributed by atoms with Crippen molar-refractivity contribution in [1.29, 1.82) is 0 Å². The van der Waals surface area contributed by atoms with Crippen molar-refractivity contribution in [2.75, 3.05) is 39.9 Å². The second-order valence-electron chi connectivity index (χ2n) is 5.61. The highest BCUT2D eigenvalue weighted by molar-refractivity contribution is 5.20. The molecule has 1 aromatic rings. The summed E-state index contributed by atoms with van der Waals surface area (Å²) in [5.74, 6) is 0.534. The van der Waals surface area contributed by atoms with Gasteiger partial charge in [-0.15, -0.1) is 0 Å². The number of ether oxygens (including phenoxy) is 1. The van der Waals surface area contributed by atoms with Gasteiger partial charge in [0.15, 0.2) is 0 Å². The van der Waals surface area contributed by atoms with Crippen LogP contribution in [0.4, 0.5) is 4.39 Å². The zero-order valence-corrected chi connectivity index (χ0v) is 12.4. The van der Waals surface area contributed by atoms with E-state index in [4.69, 9.17) is 4.74 Å². The van der Waals surface area contributed by atoms with E-state index in [9.17, 15) is 4.39 Å². The highest BCUT2D eigenvalue weighted by atomic mass is 19.1. The van der Waals surface area contributed by atoms with Crippen molar-refractivity contribution in [2.45, 2.75) is 19.4 Å². The highest BCUT2D eigenvalue weighted by Gasteiger charge is 2.16. The van der Waals surface area contributed by atoms with Gasteiger partial charge in [0.2, 0.25) is 0 Å². The normalized spacial score (nSPS) is 20.5. The molecule has 0 saturated carbocycles. The maximum Gasteiger partial charge on any atom is 0.127 e. The van der Waals surface area contributed by atoms with Crippen molar-refractivity contribution in [3.63, 3.8) is 0 Å². The Bertz CT molecular complexity index is 407. The lowest BCUT2D eigenvalue weighted by molar-refractivity contribution is 0.184. The van der Waals surface area contributed by atoms with E-state index in [2.05, 4.69) is 10.2 Å². The average molecular weight is 280 g/mol. The fourth-order valence-corrected chi connectivity index (χ4v) is 2.55. The fourth-order valence-electron chi connectivity index (χ4n) is 2.55. The molecule has 2 unspecified atom stereocenters. The van der Waals surface area contributed by atoms with Crippen molar-refractivity contribution in [2.24, 2.45) is 5.92 Å². The summed E-state index contributed by atoms with van der Waals surface area (Å²) >= 11 is 0. The predicted molar refractivity (Wildman–Crippen MR) is 79.2 cm³/mol. The van der Waals surface area contributed by atoms with Crippen LogP contribution >= 0.6 is 0 Å². The van der Waals surface area contributed by atoms with Gasteiger partial charge in [-0.2, -0.15) is 0 Å². The van der Waals surface area contributed by atoms with E-state index in [0.717, 1.165) is 44.8 Å². The van der Waals surface area contributed by atoms with Crippen molar-refractivity contribution < 1.29 is 9.13 Å². The molecule has 1 saturated heterocycles. The van der Waals surface area contributed by atoms with Gasteiger partial charge in [-0.3, -0.25) is 4.90 Å². The van der Waals surface area contributed by atoms with Gasteiger partial charge in [-0.1, -0.05) is 18.2 Å². The minimum atomic E-state index is -0.122. The first-order valence-corrected chi connectivity index (χ1v) is 7.41. The number of hydrogen-bond acceptors (Lipinski definition) is 3. The van der Waals surface area contributed by atoms with Gasteiger partial charge in [-0.05, 0) is 32.4 Å². The molecule has 112 valence electrons. The van der Waals surface area contributed by atoms with Gasteiger partial charge in [0.1, 0.15) is 5.82 Å². The summed E-state index contributed by atoms with van der Waals surface area (Å²) in [6.45, 7) is 6.67. The SMILES string of the molecule is CC(c1ccccc1F)N(C)CCNCC1CCOC1. The zero-order valence-electron chi connectivity index (χ0n) is 12.4. The van der Waals surface area contributed by atoms with Crippen LogP contribution in [0.25, 0.3) is 0 Å². The quantitative estimate of drug-likeness (QED) is 0.776. The Morgan fingerprint density at radius 2 is 2.25 bits per heavy atom. The molecule has 0 aromatic heterocycles. The summed E-state index contributed by atoms with van der Waals surface area (Å²) in [6, 6.07) is 7.10. The lowest BCUT2D eigenvalue weighted by atomic mass is 10.1. The second kappa shape index (κ2) is 7.72. The molecule has 2 rings (SSSR count). The van der Waals surface area contributed by atoms with Gasteiger partial charge in [0.25, 0.3) is 0 Å². The number of nitrogens with one attached hydrogen (secondary N) is 1. The van der Waals surface area contributed by atoms with Gasteiger partial charge >= 0.3 is 0 Å². The number of likely N-dealkylation sites (N-methyl/N-ethyl adjacent to an activating group) is 1. The maximum atomic E-state index is 13.7. The fraction of sp³-hybridized carbons (Fsp3) is 0.625. The van der Waals surface area contributed by atoms with Crippen LogP contribution in [0, 0.1) is 11.7 Å². The molecule has 0 radical (unpaired) electrons. The number of halogens is 1. The maximum absolute atomic E-state index is 13.7. The third kappa shape index (κ3) is 4.27. The number of hydrogen-bond donors (Lipinski definition) is 1. The van der Waals surface area contributed by atoms with E-state index >= 15 is 0 Å². The minimum absolute atomic E-state index is 0.0906. The lowest BCUT2D eigenvalue weighted by Crippen LogP contribution is -2.33. The van der Waals surface area contributed by atoms with E-state index in [1.807, 2.05) is 26.1 Å². The molecule has 1 aliphatic rings. The molecule has 0 bridgehead atoms. The molecule has 20 heavy (non-hydrogen) atoms. The molecule has 1 heterocycles. The minimum Gasteiger partial charge on any atom is -0.381 e. The molecule has 2 atom stereocenters. The monoisotopic (exact) mass is 280 g/mol. The Balaban J connectivity index is 1.71. The summed E-state index contributed by atoms with van der Waals surface area (Å²) in [5, 5.41) is 3.46. The van der Waals surface area contributed by atoms with Crippen molar-refractivity contribution in [1.82, 2.24) is 10.2 Å². The topological polar surface area (TPSA) is 24.5 Å². The van der Waals surface area contributed by atoms with E-state index in [-0.39, 0.29) is 11.9 Å². The van der Waals surface area contributed by atoms with Crippen molar-refractivity contribution in [3.8, 4) is 0 Å². The molecular weight excluding hydrogens is 255 g/mol. The summed E-state index contributed by atoms with van der Waals surface area (Å²) in [4.78, 5) is 2.18. The highest BCUT2D eigenvalue weighted by Crippen LogP contribution is 2.20. The average Bonchev–Trinajstić information content (AvgIpc) is 2.96. The molecule has 1 aromatic carbocycles. The van der Waals surface area contributed by atoms with E-state index < -0.39 is 0 Å². The summed E-state index contributed by atoms with van der Waals surface area (Å²) < 4.78 is 19.1.